The zero-order valence-corrected chi connectivity index (χ0v) is 31.6. The predicted octanol–water partition coefficient (Wildman–Crippen LogP) is 7.76. The number of halogens is 2. The highest BCUT2D eigenvalue weighted by molar-refractivity contribution is 6.18. The molecule has 1 amide bonds. The number of alkyl halides is 1. The van der Waals surface area contributed by atoms with Gasteiger partial charge in [-0.05, 0) is 73.8 Å². The number of hydrogen-bond acceptors (Lipinski definition) is 9. The number of ether oxygens (including phenoxy) is 4. The highest BCUT2D eigenvalue weighted by Gasteiger charge is 2.65. The molecule has 2 aromatic carbocycles. The van der Waals surface area contributed by atoms with Crippen LogP contribution in [0.1, 0.15) is 75.3 Å². The van der Waals surface area contributed by atoms with E-state index < -0.39 is 23.8 Å². The third kappa shape index (κ3) is 9.02. The van der Waals surface area contributed by atoms with Crippen LogP contribution in [0.4, 0.5) is 9.18 Å². The third-order valence-electron chi connectivity index (χ3n) is 10.6. The summed E-state index contributed by atoms with van der Waals surface area (Å²) in [5, 5.41) is 24.1. The summed E-state index contributed by atoms with van der Waals surface area (Å²) in [6.45, 7) is 6.75. The number of amides is 1. The first-order chi connectivity index (χ1) is 25.9. The number of aliphatic hydroxyl groups is 2. The second-order valence-electron chi connectivity index (χ2n) is 13.8. The molecule has 0 radical (unpaired) electrons. The number of hydrogen-bond donors (Lipinski definition) is 2. The van der Waals surface area contributed by atoms with Gasteiger partial charge in [-0.2, -0.15) is 0 Å². The Morgan fingerprint density at radius 3 is 2.62 bits per heavy atom. The van der Waals surface area contributed by atoms with E-state index in [1.807, 2.05) is 25.1 Å². The Morgan fingerprint density at radius 1 is 1.15 bits per heavy atom. The number of fused-ring (bicyclic) bond motifs is 2. The molecule has 2 aromatic rings. The van der Waals surface area contributed by atoms with Crippen molar-refractivity contribution in [3.05, 3.63) is 83.7 Å². The molecule has 2 aliphatic carbocycles. The lowest BCUT2D eigenvalue weighted by Crippen LogP contribution is -2.70. The summed E-state index contributed by atoms with van der Waals surface area (Å²) in [4.78, 5) is 21.0. The zero-order chi connectivity index (χ0) is 37.8. The van der Waals surface area contributed by atoms with Gasteiger partial charge in [-0.3, -0.25) is 4.90 Å². The molecule has 0 saturated heterocycles. The molecule has 12 heteroatoms. The minimum Gasteiger partial charge on any atom is -0.489 e. The fraction of sp³-hybridized carbons (Fsp3) is 0.561. The zero-order valence-electron chi connectivity index (χ0n) is 30.9. The van der Waals surface area contributed by atoms with E-state index in [4.69, 9.17) is 35.4 Å². The Balaban J connectivity index is 1.73. The average molecular weight is 757 g/mol. The van der Waals surface area contributed by atoms with Crippen molar-refractivity contribution >= 4 is 23.4 Å². The number of carbonyl (C=O) groups is 1. The summed E-state index contributed by atoms with van der Waals surface area (Å²) in [5.74, 6) is -0.956. The van der Waals surface area contributed by atoms with E-state index in [0.29, 0.717) is 48.6 Å². The summed E-state index contributed by atoms with van der Waals surface area (Å²) in [6.07, 6.45) is 8.91. The minimum atomic E-state index is -1.39. The number of nitrogens with zero attached hydrogens (tertiary/aromatic N) is 2. The first kappa shape index (κ1) is 40.5. The largest absolute Gasteiger partial charge is 0.489 e. The van der Waals surface area contributed by atoms with E-state index in [2.05, 4.69) is 17.8 Å². The van der Waals surface area contributed by atoms with Crippen LogP contribution in [0.25, 0.3) is 0 Å². The van der Waals surface area contributed by atoms with Crippen molar-refractivity contribution < 1.29 is 43.2 Å². The van der Waals surface area contributed by atoms with Crippen LogP contribution < -0.4 is 9.47 Å². The lowest BCUT2D eigenvalue weighted by atomic mass is 9.55. The van der Waals surface area contributed by atoms with Gasteiger partial charge in [0.2, 0.25) is 5.79 Å². The van der Waals surface area contributed by atoms with Crippen molar-refractivity contribution in [2.75, 3.05) is 46.0 Å². The number of oxime groups is 1. The molecule has 1 fully saturated rings. The predicted molar refractivity (Wildman–Crippen MR) is 202 cm³/mol. The molecular formula is C41H54ClFN2O8. The van der Waals surface area contributed by atoms with Gasteiger partial charge in [0.15, 0.2) is 0 Å². The van der Waals surface area contributed by atoms with E-state index >= 15 is 0 Å². The molecule has 1 aliphatic heterocycles. The van der Waals surface area contributed by atoms with Gasteiger partial charge in [0, 0.05) is 43.2 Å². The second-order valence-corrected chi connectivity index (χ2v) is 14.2. The molecule has 0 spiro atoms. The summed E-state index contributed by atoms with van der Waals surface area (Å²) in [5.41, 5.74) is 2.98. The number of rotatable bonds is 20. The molecule has 1 saturated carbocycles. The second kappa shape index (κ2) is 19.6. The lowest BCUT2D eigenvalue weighted by Gasteiger charge is -2.59. The van der Waals surface area contributed by atoms with Crippen LogP contribution in [0.15, 0.2) is 71.9 Å². The quantitative estimate of drug-likeness (QED) is 0.0610. The molecule has 5 rings (SSSR count). The number of carbonyl (C=O) groups excluding carboxylic acids is 1. The summed E-state index contributed by atoms with van der Waals surface area (Å²) in [7, 11) is 1.51. The van der Waals surface area contributed by atoms with Crippen LogP contribution in [0.2, 0.25) is 0 Å². The Morgan fingerprint density at radius 2 is 1.92 bits per heavy atom. The van der Waals surface area contributed by atoms with E-state index in [1.165, 1.54) is 13.2 Å². The lowest BCUT2D eigenvalue weighted by molar-refractivity contribution is -0.255. The van der Waals surface area contributed by atoms with Gasteiger partial charge in [0.1, 0.15) is 43.7 Å². The highest BCUT2D eigenvalue weighted by Crippen LogP contribution is 2.62. The van der Waals surface area contributed by atoms with Crippen molar-refractivity contribution in [1.29, 1.82) is 0 Å². The summed E-state index contributed by atoms with van der Waals surface area (Å²) < 4.78 is 40.5. The molecule has 1 heterocycles. The van der Waals surface area contributed by atoms with E-state index in [0.717, 1.165) is 36.8 Å². The molecule has 0 bridgehead atoms. The number of benzene rings is 2. The Bertz CT molecular complexity index is 1590. The molecule has 10 nitrogen and oxygen atoms in total. The van der Waals surface area contributed by atoms with Gasteiger partial charge in [0.25, 0.3) is 0 Å². The van der Waals surface area contributed by atoms with Crippen LogP contribution in [0.3, 0.4) is 0 Å². The third-order valence-corrected chi connectivity index (χ3v) is 10.7. The Hall–Kier alpha value is -3.64. The van der Waals surface area contributed by atoms with Crippen LogP contribution >= 0.6 is 11.6 Å². The fourth-order valence-corrected chi connectivity index (χ4v) is 8.53. The normalized spacial score (nSPS) is 25.1. The van der Waals surface area contributed by atoms with Crippen LogP contribution in [0.5, 0.6) is 11.5 Å². The molecule has 3 aliphatic rings. The van der Waals surface area contributed by atoms with Crippen LogP contribution in [-0.2, 0) is 20.9 Å². The smallest absolute Gasteiger partial charge is 0.410 e. The molecule has 6 atom stereocenters. The number of unbranched alkanes of at least 4 members (excludes halogenated alkanes) is 2. The van der Waals surface area contributed by atoms with Crippen LogP contribution in [0, 0.1) is 23.6 Å². The van der Waals surface area contributed by atoms with E-state index in [1.54, 1.807) is 29.2 Å². The van der Waals surface area contributed by atoms with Crippen molar-refractivity contribution in [1.82, 2.24) is 4.90 Å². The standard InChI is InChI=1S/C41H54ClFN2O8/c1-4-19-45(40(48)50-23-18-42)37-26-35(44-49-3)32-24-28(12-8-10-20-46)31(14-9-11-21-47)38-33-25-30(51-27-29-13-6-7-15-34(29)43)16-17-36(33)53-41(37,39(32)38)52-22-5-2/h5-7,13,15-17,24-25,28,31,37-39,46-47H,2,4,8-12,14,18-23,26-27H2,1,3H3/t28-,31+,37-,38+,39+,41+/m0/s1. The van der Waals surface area contributed by atoms with Gasteiger partial charge in [-0.25, -0.2) is 9.18 Å². The minimum absolute atomic E-state index is 0.0464. The van der Waals surface area contributed by atoms with Gasteiger partial charge < -0.3 is 34.0 Å². The Kier molecular flexibility index (Phi) is 15.0. The van der Waals surface area contributed by atoms with Gasteiger partial charge in [-0.1, -0.05) is 55.3 Å². The maximum absolute atomic E-state index is 14.6. The van der Waals surface area contributed by atoms with Gasteiger partial charge in [-0.15, -0.1) is 18.2 Å². The molecule has 53 heavy (non-hydrogen) atoms. The first-order valence-electron chi connectivity index (χ1n) is 18.8. The van der Waals surface area contributed by atoms with Gasteiger partial charge >= 0.3 is 6.09 Å². The van der Waals surface area contributed by atoms with Gasteiger partial charge in [0.05, 0.1) is 24.1 Å². The maximum Gasteiger partial charge on any atom is 0.410 e. The first-order valence-corrected chi connectivity index (χ1v) is 19.4. The summed E-state index contributed by atoms with van der Waals surface area (Å²) >= 11 is 5.95. The van der Waals surface area contributed by atoms with E-state index in [-0.39, 0.29) is 68.9 Å². The fourth-order valence-electron chi connectivity index (χ4n) is 8.45. The SMILES string of the molecule is C=CCO[C@@]12Oc3ccc(OCc4ccccc4F)cc3[C@H]3[C@H](CCCCO)[C@@H](CCCCO)C=C(C(=NOC)C[C@@H]1N(CCC)C(=O)OCCCl)[C@H]32. The average Bonchev–Trinajstić information content (AvgIpc) is 3.16. The molecule has 0 unspecified atom stereocenters. The molecule has 0 aromatic heterocycles. The monoisotopic (exact) mass is 756 g/mol. The van der Waals surface area contributed by atoms with Crippen molar-refractivity contribution in [3.8, 4) is 11.5 Å². The van der Waals surface area contributed by atoms with Crippen molar-refractivity contribution in [3.63, 3.8) is 0 Å². The topological polar surface area (TPSA) is 119 Å². The maximum atomic E-state index is 14.6. The van der Waals surface area contributed by atoms with Crippen molar-refractivity contribution in [2.45, 2.75) is 82.6 Å². The van der Waals surface area contributed by atoms with Crippen molar-refractivity contribution in [2.24, 2.45) is 22.9 Å². The highest BCUT2D eigenvalue weighted by atomic mass is 35.5. The summed E-state index contributed by atoms with van der Waals surface area (Å²) in [6, 6.07) is 11.5. The molecule has 2 N–H and O–H groups in total. The molecular weight excluding hydrogens is 703 g/mol. The van der Waals surface area contributed by atoms with E-state index in [9.17, 15) is 19.4 Å². The number of aliphatic hydroxyl groups excluding tert-OH is 2. The molecule has 290 valence electrons. The van der Waals surface area contributed by atoms with Crippen LogP contribution in [-0.4, -0.2) is 84.7 Å². The number of allylic oxidation sites excluding steroid dienone is 1. The Labute approximate surface area is 317 Å².